The van der Waals surface area contributed by atoms with Crippen molar-refractivity contribution in [2.45, 2.75) is 51.0 Å². The molecule has 1 atom stereocenters. The van der Waals surface area contributed by atoms with Crippen LogP contribution in [-0.4, -0.2) is 72.7 Å². The zero-order valence-corrected chi connectivity index (χ0v) is 16.9. The zero-order chi connectivity index (χ0) is 19.2. The van der Waals surface area contributed by atoms with Gasteiger partial charge in [-0.15, -0.1) is 0 Å². The molecule has 1 aliphatic carbocycles. The topological polar surface area (TPSA) is 54.9 Å². The molecule has 4 rings (SSSR count). The van der Waals surface area contributed by atoms with E-state index in [1.54, 1.807) is 6.20 Å². The van der Waals surface area contributed by atoms with Gasteiger partial charge in [-0.2, -0.15) is 0 Å². The number of aromatic nitrogens is 1. The number of rotatable bonds is 5. The molecule has 6 nitrogen and oxygen atoms in total. The van der Waals surface area contributed by atoms with Crippen LogP contribution in [0.2, 0.25) is 0 Å². The van der Waals surface area contributed by atoms with Gasteiger partial charge >= 0.3 is 0 Å². The summed E-state index contributed by atoms with van der Waals surface area (Å²) < 4.78 is 11.5. The predicted molar refractivity (Wildman–Crippen MR) is 108 cm³/mol. The van der Waals surface area contributed by atoms with Gasteiger partial charge in [-0.3, -0.25) is 9.69 Å². The number of piperidine rings is 1. The highest BCUT2D eigenvalue weighted by Gasteiger charge is 2.27. The van der Waals surface area contributed by atoms with E-state index in [4.69, 9.17) is 9.47 Å². The largest absolute Gasteiger partial charge is 0.474 e. The van der Waals surface area contributed by atoms with E-state index in [2.05, 4.69) is 9.88 Å². The number of hydrogen-bond acceptors (Lipinski definition) is 5. The minimum atomic E-state index is 0.113. The Morgan fingerprint density at radius 2 is 1.93 bits per heavy atom. The van der Waals surface area contributed by atoms with Gasteiger partial charge in [-0.25, -0.2) is 4.98 Å². The summed E-state index contributed by atoms with van der Waals surface area (Å²) >= 11 is 0. The Kier molecular flexibility index (Phi) is 6.81. The van der Waals surface area contributed by atoms with Crippen molar-refractivity contribution in [3.63, 3.8) is 0 Å². The van der Waals surface area contributed by atoms with Gasteiger partial charge in [0.25, 0.3) is 5.91 Å². The molecule has 0 aromatic carbocycles. The van der Waals surface area contributed by atoms with E-state index < -0.39 is 0 Å². The molecule has 0 spiro atoms. The lowest BCUT2D eigenvalue weighted by Crippen LogP contribution is -2.46. The van der Waals surface area contributed by atoms with Gasteiger partial charge in [0, 0.05) is 50.6 Å². The molecule has 2 aliphatic heterocycles. The molecule has 0 bridgehead atoms. The van der Waals surface area contributed by atoms with Crippen molar-refractivity contribution in [1.29, 1.82) is 0 Å². The van der Waals surface area contributed by atoms with Crippen LogP contribution in [0.3, 0.4) is 0 Å². The average Bonchev–Trinajstić information content (AvgIpc) is 2.75. The van der Waals surface area contributed by atoms with Gasteiger partial charge in [-0.1, -0.05) is 6.42 Å². The normalized spacial score (nSPS) is 24.9. The number of pyridine rings is 1. The van der Waals surface area contributed by atoms with Gasteiger partial charge in [0.1, 0.15) is 6.10 Å². The summed E-state index contributed by atoms with van der Waals surface area (Å²) in [5.74, 6) is 1.26. The van der Waals surface area contributed by atoms with Gasteiger partial charge < -0.3 is 14.4 Å². The van der Waals surface area contributed by atoms with Crippen LogP contribution < -0.4 is 4.74 Å². The number of hydrogen-bond donors (Lipinski definition) is 0. The Hall–Kier alpha value is -1.66. The molecule has 2 saturated heterocycles. The van der Waals surface area contributed by atoms with Crippen molar-refractivity contribution in [3.05, 3.63) is 23.9 Å². The molecule has 0 N–H and O–H groups in total. The Balaban J connectivity index is 1.34. The Labute approximate surface area is 168 Å². The molecule has 3 fully saturated rings. The fourth-order valence-electron chi connectivity index (χ4n) is 4.69. The second-order valence-electron chi connectivity index (χ2n) is 8.43. The van der Waals surface area contributed by atoms with Crippen LogP contribution >= 0.6 is 0 Å². The molecule has 1 aromatic heterocycles. The molecule has 1 saturated carbocycles. The molecule has 3 heterocycles. The maximum atomic E-state index is 13.1. The minimum absolute atomic E-state index is 0.113. The number of ether oxygens (including phenoxy) is 2. The van der Waals surface area contributed by atoms with E-state index >= 15 is 0 Å². The standard InChI is InChI=1S/C22H33N3O3/c26-22(19-8-9-23-21(15-19)28-20-6-2-1-3-7-20)25-10-4-5-18(17-25)16-24-11-13-27-14-12-24/h8-9,15,18,20H,1-7,10-14,16-17H2/t18-/m1/s1. The van der Waals surface area contributed by atoms with Crippen molar-refractivity contribution >= 4 is 5.91 Å². The number of likely N-dealkylation sites (tertiary alicyclic amines) is 1. The molecular weight excluding hydrogens is 354 g/mol. The first kappa shape index (κ1) is 19.6. The van der Waals surface area contributed by atoms with Gasteiger partial charge in [-0.05, 0) is 50.5 Å². The zero-order valence-electron chi connectivity index (χ0n) is 16.9. The first-order valence-corrected chi connectivity index (χ1v) is 11.0. The number of nitrogens with zero attached hydrogens (tertiary/aromatic N) is 3. The van der Waals surface area contributed by atoms with Gasteiger partial charge in [0.05, 0.1) is 13.2 Å². The number of morpholine rings is 1. The first-order valence-electron chi connectivity index (χ1n) is 11.0. The van der Waals surface area contributed by atoms with Crippen LogP contribution in [0.25, 0.3) is 0 Å². The third-order valence-corrected chi connectivity index (χ3v) is 6.25. The molecular formula is C22H33N3O3. The molecule has 0 radical (unpaired) electrons. The van der Waals surface area contributed by atoms with Crippen molar-refractivity contribution in [2.24, 2.45) is 5.92 Å². The van der Waals surface area contributed by atoms with E-state index in [1.165, 1.54) is 25.7 Å². The SMILES string of the molecule is O=C(c1ccnc(OC2CCCCC2)c1)N1CCC[C@H](CN2CCOCC2)C1. The monoisotopic (exact) mass is 387 g/mol. The van der Waals surface area contributed by atoms with Crippen LogP contribution in [0, 0.1) is 5.92 Å². The maximum absolute atomic E-state index is 13.1. The molecule has 154 valence electrons. The summed E-state index contributed by atoms with van der Waals surface area (Å²) in [7, 11) is 0. The van der Waals surface area contributed by atoms with E-state index in [-0.39, 0.29) is 12.0 Å². The predicted octanol–water partition coefficient (Wildman–Crippen LogP) is 2.98. The number of carbonyl (C=O) groups is 1. The molecule has 1 aromatic rings. The third-order valence-electron chi connectivity index (χ3n) is 6.25. The summed E-state index contributed by atoms with van der Waals surface area (Å²) in [5.41, 5.74) is 0.702. The average molecular weight is 388 g/mol. The van der Waals surface area contributed by atoms with Crippen molar-refractivity contribution < 1.29 is 14.3 Å². The smallest absolute Gasteiger partial charge is 0.254 e. The lowest BCUT2D eigenvalue weighted by Gasteiger charge is -2.36. The Bertz CT molecular complexity index is 642. The molecule has 28 heavy (non-hydrogen) atoms. The quantitative estimate of drug-likeness (QED) is 0.777. The van der Waals surface area contributed by atoms with Crippen molar-refractivity contribution in [1.82, 2.24) is 14.8 Å². The Morgan fingerprint density at radius 1 is 1.11 bits per heavy atom. The highest BCUT2D eigenvalue weighted by molar-refractivity contribution is 5.94. The molecule has 1 amide bonds. The van der Waals surface area contributed by atoms with Crippen LogP contribution in [-0.2, 0) is 4.74 Å². The van der Waals surface area contributed by atoms with Crippen LogP contribution in [0.4, 0.5) is 0 Å². The van der Waals surface area contributed by atoms with Gasteiger partial charge in [0.15, 0.2) is 0 Å². The molecule has 3 aliphatic rings. The summed E-state index contributed by atoms with van der Waals surface area (Å²) in [6.07, 6.45) is 10.2. The second kappa shape index (κ2) is 9.70. The lowest BCUT2D eigenvalue weighted by atomic mass is 9.96. The molecule has 0 unspecified atom stereocenters. The number of amides is 1. The molecule has 6 heteroatoms. The van der Waals surface area contributed by atoms with E-state index in [1.807, 2.05) is 17.0 Å². The number of carbonyl (C=O) groups excluding carboxylic acids is 1. The summed E-state index contributed by atoms with van der Waals surface area (Å²) in [6.45, 7) is 6.44. The van der Waals surface area contributed by atoms with E-state index in [0.717, 1.165) is 65.2 Å². The first-order chi connectivity index (χ1) is 13.8. The van der Waals surface area contributed by atoms with Crippen molar-refractivity contribution in [2.75, 3.05) is 45.9 Å². The fourth-order valence-corrected chi connectivity index (χ4v) is 4.69. The van der Waals surface area contributed by atoms with E-state index in [0.29, 0.717) is 17.4 Å². The van der Waals surface area contributed by atoms with Crippen LogP contribution in [0.1, 0.15) is 55.3 Å². The summed E-state index contributed by atoms with van der Waals surface area (Å²) in [6, 6.07) is 3.66. The van der Waals surface area contributed by atoms with E-state index in [9.17, 15) is 4.79 Å². The van der Waals surface area contributed by atoms with Crippen LogP contribution in [0.15, 0.2) is 18.3 Å². The minimum Gasteiger partial charge on any atom is -0.474 e. The maximum Gasteiger partial charge on any atom is 0.254 e. The highest BCUT2D eigenvalue weighted by Crippen LogP contribution is 2.24. The lowest BCUT2D eigenvalue weighted by molar-refractivity contribution is 0.0223. The Morgan fingerprint density at radius 3 is 2.75 bits per heavy atom. The third kappa shape index (κ3) is 5.23. The fraction of sp³-hybridized carbons (Fsp3) is 0.727. The summed E-state index contributed by atoms with van der Waals surface area (Å²) in [5, 5.41) is 0. The van der Waals surface area contributed by atoms with Gasteiger partial charge in [0.2, 0.25) is 5.88 Å². The van der Waals surface area contributed by atoms with Crippen molar-refractivity contribution in [3.8, 4) is 5.88 Å². The highest BCUT2D eigenvalue weighted by atomic mass is 16.5. The summed E-state index contributed by atoms with van der Waals surface area (Å²) in [4.78, 5) is 21.9. The van der Waals surface area contributed by atoms with Crippen LogP contribution in [0.5, 0.6) is 5.88 Å². The second-order valence-corrected chi connectivity index (χ2v) is 8.43.